The molecule has 0 saturated heterocycles. The van der Waals surface area contributed by atoms with Gasteiger partial charge in [-0.3, -0.25) is 4.99 Å². The fourth-order valence-electron chi connectivity index (χ4n) is 3.30. The van der Waals surface area contributed by atoms with Gasteiger partial charge in [-0.15, -0.1) is 11.3 Å². The van der Waals surface area contributed by atoms with Crippen molar-refractivity contribution in [1.29, 1.82) is 0 Å². The van der Waals surface area contributed by atoms with E-state index in [-0.39, 0.29) is 6.10 Å². The molecule has 0 spiro atoms. The molecule has 0 amide bonds. The molecule has 0 aliphatic heterocycles. The lowest BCUT2D eigenvalue weighted by Crippen LogP contribution is -2.38. The Morgan fingerprint density at radius 1 is 1.33 bits per heavy atom. The molecule has 3 aromatic rings. The van der Waals surface area contributed by atoms with Crippen LogP contribution in [0.25, 0.3) is 5.69 Å². The van der Waals surface area contributed by atoms with Crippen molar-refractivity contribution in [1.82, 2.24) is 25.0 Å². The molecule has 1 atom stereocenters. The number of aromatic nitrogens is 3. The standard InChI is InChI=1S/C22H30N6OS/c1-15-11-16(2)28(26-15)20-10-8-7-9-18(20)12-24-22(23-4)27(5)13-19-14-30-21(25-19)17(3)29-6/h7-11,14,17H,12-13H2,1-6H3,(H,23,24). The first-order valence-corrected chi connectivity index (χ1v) is 10.8. The number of ether oxygens (including phenoxy) is 1. The van der Waals surface area contributed by atoms with Crippen molar-refractivity contribution in [3.05, 3.63) is 63.4 Å². The van der Waals surface area contributed by atoms with E-state index >= 15 is 0 Å². The Balaban J connectivity index is 1.69. The lowest BCUT2D eigenvalue weighted by Gasteiger charge is -2.22. The first-order chi connectivity index (χ1) is 14.4. The Kier molecular flexibility index (Phi) is 7.23. The number of aryl methyl sites for hydroxylation is 2. The van der Waals surface area contributed by atoms with E-state index in [1.165, 1.54) is 0 Å². The topological polar surface area (TPSA) is 67.6 Å². The summed E-state index contributed by atoms with van der Waals surface area (Å²) in [7, 11) is 5.51. The van der Waals surface area contributed by atoms with Gasteiger partial charge in [0.25, 0.3) is 0 Å². The Hall–Kier alpha value is -2.71. The van der Waals surface area contributed by atoms with Gasteiger partial charge in [0, 0.05) is 38.8 Å². The van der Waals surface area contributed by atoms with E-state index in [0.717, 1.165) is 39.3 Å². The smallest absolute Gasteiger partial charge is 0.194 e. The van der Waals surface area contributed by atoms with Crippen molar-refractivity contribution in [2.24, 2.45) is 4.99 Å². The van der Waals surface area contributed by atoms with Crippen LogP contribution in [0.3, 0.4) is 0 Å². The molecule has 3 rings (SSSR count). The first kappa shape index (κ1) is 22.0. The largest absolute Gasteiger partial charge is 0.375 e. The van der Waals surface area contributed by atoms with Gasteiger partial charge in [0.2, 0.25) is 0 Å². The van der Waals surface area contributed by atoms with Crippen molar-refractivity contribution < 1.29 is 4.74 Å². The molecule has 1 N–H and O–H groups in total. The van der Waals surface area contributed by atoms with Crippen molar-refractivity contribution >= 4 is 17.3 Å². The minimum absolute atomic E-state index is 0.0115. The Morgan fingerprint density at radius 3 is 2.77 bits per heavy atom. The van der Waals surface area contributed by atoms with Crippen LogP contribution in [0.2, 0.25) is 0 Å². The minimum atomic E-state index is 0.0115. The highest BCUT2D eigenvalue weighted by Crippen LogP contribution is 2.21. The second-order valence-electron chi connectivity index (χ2n) is 7.28. The van der Waals surface area contributed by atoms with Gasteiger partial charge in [-0.2, -0.15) is 5.10 Å². The van der Waals surface area contributed by atoms with Gasteiger partial charge in [0.1, 0.15) is 11.1 Å². The fraction of sp³-hybridized carbons (Fsp3) is 0.409. The van der Waals surface area contributed by atoms with Crippen LogP contribution in [0.4, 0.5) is 0 Å². The van der Waals surface area contributed by atoms with Gasteiger partial charge in [0.05, 0.1) is 23.6 Å². The van der Waals surface area contributed by atoms with E-state index in [2.05, 4.69) is 55.8 Å². The number of aliphatic imine (C=N–C) groups is 1. The molecule has 30 heavy (non-hydrogen) atoms. The summed E-state index contributed by atoms with van der Waals surface area (Å²) in [6.45, 7) is 7.41. The van der Waals surface area contributed by atoms with Crippen LogP contribution in [0, 0.1) is 13.8 Å². The predicted octanol–water partition coefficient (Wildman–Crippen LogP) is 3.86. The minimum Gasteiger partial charge on any atom is -0.375 e. The van der Waals surface area contributed by atoms with Crippen molar-refractivity contribution in [2.45, 2.75) is 40.0 Å². The first-order valence-electron chi connectivity index (χ1n) is 9.93. The summed E-state index contributed by atoms with van der Waals surface area (Å²) in [6, 6.07) is 10.4. The van der Waals surface area contributed by atoms with Crippen LogP contribution in [0.1, 0.15) is 40.7 Å². The maximum atomic E-state index is 5.36. The van der Waals surface area contributed by atoms with Crippen LogP contribution in [0.15, 0.2) is 40.7 Å². The van der Waals surface area contributed by atoms with E-state index in [9.17, 15) is 0 Å². The molecule has 0 saturated carbocycles. The van der Waals surface area contributed by atoms with Crippen LogP contribution in [0.5, 0.6) is 0 Å². The summed E-state index contributed by atoms with van der Waals surface area (Å²) in [4.78, 5) is 11.2. The number of para-hydroxylation sites is 1. The third-order valence-corrected chi connectivity index (χ3v) is 5.96. The highest BCUT2D eigenvalue weighted by Gasteiger charge is 2.14. The Morgan fingerprint density at radius 2 is 2.10 bits per heavy atom. The summed E-state index contributed by atoms with van der Waals surface area (Å²) in [5.41, 5.74) is 5.37. The SMILES string of the molecule is CN=C(NCc1ccccc1-n1nc(C)cc1C)N(C)Cc1csc(C(C)OC)n1. The number of nitrogens with one attached hydrogen (secondary N) is 1. The Bertz CT molecular complexity index is 1010. The molecule has 2 heterocycles. The van der Waals surface area contributed by atoms with Gasteiger partial charge in [0.15, 0.2) is 5.96 Å². The highest BCUT2D eigenvalue weighted by molar-refractivity contribution is 7.09. The van der Waals surface area contributed by atoms with E-state index in [1.807, 2.05) is 37.7 Å². The molecule has 0 radical (unpaired) electrons. The summed E-state index contributed by atoms with van der Waals surface area (Å²) in [5, 5.41) is 11.2. The summed E-state index contributed by atoms with van der Waals surface area (Å²) < 4.78 is 7.35. The number of benzene rings is 1. The molecule has 1 aromatic carbocycles. The number of guanidine groups is 1. The van der Waals surface area contributed by atoms with E-state index in [4.69, 9.17) is 4.74 Å². The van der Waals surface area contributed by atoms with Crippen molar-refractivity contribution in [3.63, 3.8) is 0 Å². The highest BCUT2D eigenvalue weighted by atomic mass is 32.1. The lowest BCUT2D eigenvalue weighted by molar-refractivity contribution is 0.119. The predicted molar refractivity (Wildman–Crippen MR) is 122 cm³/mol. The second-order valence-corrected chi connectivity index (χ2v) is 8.17. The monoisotopic (exact) mass is 426 g/mol. The molecule has 0 fully saturated rings. The summed E-state index contributed by atoms with van der Waals surface area (Å²) in [5.74, 6) is 0.813. The number of nitrogens with zero attached hydrogens (tertiary/aromatic N) is 5. The maximum Gasteiger partial charge on any atom is 0.194 e. The number of thiazole rings is 1. The van der Waals surface area contributed by atoms with Crippen LogP contribution >= 0.6 is 11.3 Å². The number of hydrogen-bond donors (Lipinski definition) is 1. The quantitative estimate of drug-likeness (QED) is 0.459. The third-order valence-electron chi connectivity index (χ3n) is 4.91. The maximum absolute atomic E-state index is 5.36. The molecule has 0 aliphatic carbocycles. The Labute approximate surface area is 182 Å². The van der Waals surface area contributed by atoms with Gasteiger partial charge in [-0.05, 0) is 38.5 Å². The summed E-state index contributed by atoms with van der Waals surface area (Å²) >= 11 is 1.62. The van der Waals surface area contributed by atoms with Gasteiger partial charge in [-0.25, -0.2) is 9.67 Å². The third kappa shape index (κ3) is 5.06. The molecule has 160 valence electrons. The van der Waals surface area contributed by atoms with Gasteiger partial charge < -0.3 is 15.0 Å². The molecular weight excluding hydrogens is 396 g/mol. The molecular formula is C22H30N6OS. The molecule has 2 aromatic heterocycles. The molecule has 0 aliphatic rings. The zero-order valence-electron chi connectivity index (χ0n) is 18.5. The molecule has 1 unspecified atom stereocenters. The molecule has 0 bridgehead atoms. The van der Waals surface area contributed by atoms with E-state index in [1.54, 1.807) is 25.5 Å². The molecule has 7 nitrogen and oxygen atoms in total. The van der Waals surface area contributed by atoms with Crippen molar-refractivity contribution in [3.8, 4) is 5.69 Å². The normalized spacial score (nSPS) is 12.8. The molecule has 8 heteroatoms. The van der Waals surface area contributed by atoms with Crippen LogP contribution in [-0.2, 0) is 17.8 Å². The lowest BCUT2D eigenvalue weighted by atomic mass is 10.1. The average Bonchev–Trinajstić information content (AvgIpc) is 3.33. The van der Waals surface area contributed by atoms with Crippen LogP contribution in [-0.4, -0.2) is 46.8 Å². The van der Waals surface area contributed by atoms with Gasteiger partial charge in [-0.1, -0.05) is 18.2 Å². The zero-order chi connectivity index (χ0) is 21.7. The number of rotatable bonds is 7. The van der Waals surface area contributed by atoms with E-state index in [0.29, 0.717) is 13.1 Å². The zero-order valence-corrected chi connectivity index (χ0v) is 19.3. The fourth-order valence-corrected chi connectivity index (χ4v) is 4.14. The number of methoxy groups -OCH3 is 1. The average molecular weight is 427 g/mol. The summed E-state index contributed by atoms with van der Waals surface area (Å²) in [6.07, 6.45) is 0.0115. The van der Waals surface area contributed by atoms with Crippen molar-refractivity contribution in [2.75, 3.05) is 21.2 Å². The van der Waals surface area contributed by atoms with Gasteiger partial charge >= 0.3 is 0 Å². The second kappa shape index (κ2) is 9.86. The number of hydrogen-bond acceptors (Lipinski definition) is 5. The van der Waals surface area contributed by atoms with Crippen LogP contribution < -0.4 is 5.32 Å². The van der Waals surface area contributed by atoms with E-state index < -0.39 is 0 Å².